The second-order valence-corrected chi connectivity index (χ2v) is 6.44. The predicted octanol–water partition coefficient (Wildman–Crippen LogP) is 0.208. The lowest BCUT2D eigenvalue weighted by Crippen LogP contribution is -2.57. The Bertz CT molecular complexity index is 456. The molecule has 2 saturated heterocycles. The lowest BCUT2D eigenvalue weighted by Gasteiger charge is -2.36. The van der Waals surface area contributed by atoms with Gasteiger partial charge >= 0.3 is 0 Å². The number of methoxy groups -OCH3 is 2. The summed E-state index contributed by atoms with van der Waals surface area (Å²) >= 11 is 0. The molecule has 0 aliphatic carbocycles. The SMILES string of the molecule is C#CC1CN(C(=O)C(N)CC(C)C)[C@H]2C1OCC2(OC)OC. The summed E-state index contributed by atoms with van der Waals surface area (Å²) in [5.74, 6) is 1.78. The number of hydrogen-bond acceptors (Lipinski definition) is 5. The molecule has 0 saturated carbocycles. The number of nitrogens with zero attached hydrogens (tertiary/aromatic N) is 1. The van der Waals surface area contributed by atoms with E-state index in [1.807, 2.05) is 13.8 Å². The van der Waals surface area contributed by atoms with Crippen LogP contribution in [0, 0.1) is 24.2 Å². The van der Waals surface area contributed by atoms with Gasteiger partial charge in [0, 0.05) is 20.8 Å². The Morgan fingerprint density at radius 3 is 2.64 bits per heavy atom. The number of likely N-dealkylation sites (tertiary alicyclic amines) is 1. The third-order valence-corrected chi connectivity index (χ3v) is 4.60. The van der Waals surface area contributed by atoms with Gasteiger partial charge in [-0.1, -0.05) is 19.8 Å². The minimum absolute atomic E-state index is 0.120. The van der Waals surface area contributed by atoms with Crippen LogP contribution in [-0.4, -0.2) is 62.2 Å². The summed E-state index contributed by atoms with van der Waals surface area (Å²) in [6, 6.07) is -0.918. The first kappa shape index (κ1) is 17.2. The molecule has 2 aliphatic heterocycles. The Balaban J connectivity index is 2.26. The van der Waals surface area contributed by atoms with Gasteiger partial charge in [-0.3, -0.25) is 4.79 Å². The first-order valence-electron chi connectivity index (χ1n) is 7.64. The highest BCUT2D eigenvalue weighted by atomic mass is 16.7. The number of ether oxygens (including phenoxy) is 3. The van der Waals surface area contributed by atoms with E-state index < -0.39 is 11.8 Å². The molecule has 1 amide bonds. The molecule has 2 aliphatic rings. The molecule has 0 spiro atoms. The summed E-state index contributed by atoms with van der Waals surface area (Å²) in [4.78, 5) is 14.5. The number of fused-ring (bicyclic) bond motifs is 1. The summed E-state index contributed by atoms with van der Waals surface area (Å²) in [5.41, 5.74) is 6.07. The predicted molar refractivity (Wildman–Crippen MR) is 81.7 cm³/mol. The van der Waals surface area contributed by atoms with E-state index in [0.29, 0.717) is 18.9 Å². The molecule has 4 atom stereocenters. The van der Waals surface area contributed by atoms with Gasteiger partial charge in [0.2, 0.25) is 11.7 Å². The summed E-state index contributed by atoms with van der Waals surface area (Å²) in [7, 11) is 3.10. The molecule has 0 aromatic carbocycles. The summed E-state index contributed by atoms with van der Waals surface area (Å²) in [6.45, 7) is 4.75. The van der Waals surface area contributed by atoms with Crippen molar-refractivity contribution in [3.05, 3.63) is 0 Å². The molecule has 124 valence electrons. The van der Waals surface area contributed by atoms with Crippen molar-refractivity contribution < 1.29 is 19.0 Å². The Kier molecular flexibility index (Phi) is 5.13. The smallest absolute Gasteiger partial charge is 0.240 e. The van der Waals surface area contributed by atoms with Gasteiger partial charge < -0.3 is 24.8 Å². The first-order chi connectivity index (χ1) is 10.4. The molecule has 0 bridgehead atoms. The van der Waals surface area contributed by atoms with Crippen LogP contribution in [0.3, 0.4) is 0 Å². The van der Waals surface area contributed by atoms with Crippen LogP contribution in [-0.2, 0) is 19.0 Å². The molecule has 6 nitrogen and oxygen atoms in total. The van der Waals surface area contributed by atoms with Crippen molar-refractivity contribution >= 4 is 5.91 Å². The third kappa shape index (κ3) is 2.74. The monoisotopic (exact) mass is 310 g/mol. The Morgan fingerprint density at radius 2 is 2.14 bits per heavy atom. The average Bonchev–Trinajstić information content (AvgIpc) is 3.04. The summed E-state index contributed by atoms with van der Waals surface area (Å²) in [5, 5.41) is 0. The van der Waals surface area contributed by atoms with Gasteiger partial charge in [0.05, 0.1) is 18.1 Å². The highest BCUT2D eigenvalue weighted by Crippen LogP contribution is 2.41. The van der Waals surface area contributed by atoms with Crippen molar-refractivity contribution in [1.29, 1.82) is 0 Å². The van der Waals surface area contributed by atoms with Crippen LogP contribution >= 0.6 is 0 Å². The normalized spacial score (nSPS) is 31.1. The zero-order valence-electron chi connectivity index (χ0n) is 13.7. The molecule has 22 heavy (non-hydrogen) atoms. The molecule has 2 heterocycles. The molecule has 0 aromatic rings. The molecule has 0 aromatic heterocycles. The van der Waals surface area contributed by atoms with Crippen molar-refractivity contribution in [2.24, 2.45) is 17.6 Å². The number of hydrogen-bond donors (Lipinski definition) is 1. The third-order valence-electron chi connectivity index (χ3n) is 4.60. The maximum Gasteiger partial charge on any atom is 0.240 e. The fourth-order valence-corrected chi connectivity index (χ4v) is 3.46. The maximum absolute atomic E-state index is 12.8. The largest absolute Gasteiger partial charge is 0.369 e. The van der Waals surface area contributed by atoms with Crippen LogP contribution in [0.5, 0.6) is 0 Å². The molecule has 0 radical (unpaired) electrons. The van der Waals surface area contributed by atoms with E-state index in [4.69, 9.17) is 26.4 Å². The quantitative estimate of drug-likeness (QED) is 0.580. The number of carbonyl (C=O) groups excluding carboxylic acids is 1. The van der Waals surface area contributed by atoms with E-state index in [0.717, 1.165) is 0 Å². The van der Waals surface area contributed by atoms with Gasteiger partial charge in [0.25, 0.3) is 0 Å². The minimum Gasteiger partial charge on any atom is -0.369 e. The first-order valence-corrected chi connectivity index (χ1v) is 7.64. The fourth-order valence-electron chi connectivity index (χ4n) is 3.46. The zero-order valence-corrected chi connectivity index (χ0v) is 13.7. The van der Waals surface area contributed by atoms with Crippen molar-refractivity contribution in [2.75, 3.05) is 27.4 Å². The average molecular weight is 310 g/mol. The van der Waals surface area contributed by atoms with Crippen molar-refractivity contribution in [1.82, 2.24) is 4.90 Å². The highest BCUT2D eigenvalue weighted by Gasteiger charge is 2.61. The molecule has 2 N–H and O–H groups in total. The van der Waals surface area contributed by atoms with Crippen LogP contribution in [0.4, 0.5) is 0 Å². The topological polar surface area (TPSA) is 74.0 Å². The number of nitrogens with two attached hydrogens (primary N) is 1. The van der Waals surface area contributed by atoms with Crippen LogP contribution in [0.25, 0.3) is 0 Å². The number of rotatable bonds is 5. The molecule has 2 fully saturated rings. The molecule has 3 unspecified atom stereocenters. The van der Waals surface area contributed by atoms with Crippen LogP contribution in [0.15, 0.2) is 0 Å². The minimum atomic E-state index is -0.983. The second kappa shape index (κ2) is 6.55. The van der Waals surface area contributed by atoms with E-state index in [1.54, 1.807) is 19.1 Å². The number of amides is 1. The number of terminal acetylenes is 1. The zero-order chi connectivity index (χ0) is 16.5. The Hall–Kier alpha value is -1.13. The van der Waals surface area contributed by atoms with Gasteiger partial charge in [-0.25, -0.2) is 0 Å². The standard InChI is InChI=1S/C16H26N2O4/c1-6-11-8-18(15(19)12(17)7-10(2)3)14-13(11)22-9-16(14,20-4)21-5/h1,10-14H,7-9,17H2,2-5H3/t11?,12?,13?,14-/m0/s1. The van der Waals surface area contributed by atoms with E-state index in [9.17, 15) is 4.79 Å². The van der Waals surface area contributed by atoms with Gasteiger partial charge in [0.15, 0.2) is 0 Å². The molecule has 2 rings (SSSR count). The van der Waals surface area contributed by atoms with E-state index >= 15 is 0 Å². The summed E-state index contributed by atoms with van der Waals surface area (Å²) < 4.78 is 16.9. The fraction of sp³-hybridized carbons (Fsp3) is 0.812. The Labute approximate surface area is 132 Å². The maximum atomic E-state index is 12.8. The summed E-state index contributed by atoms with van der Waals surface area (Å²) in [6.07, 6.45) is 5.95. The Morgan fingerprint density at radius 1 is 1.50 bits per heavy atom. The lowest BCUT2D eigenvalue weighted by atomic mass is 9.99. The van der Waals surface area contributed by atoms with Gasteiger partial charge in [-0.2, -0.15) is 0 Å². The van der Waals surface area contributed by atoms with Gasteiger partial charge in [-0.05, 0) is 12.3 Å². The van der Waals surface area contributed by atoms with Crippen molar-refractivity contribution in [3.8, 4) is 12.3 Å². The molecular weight excluding hydrogens is 284 g/mol. The van der Waals surface area contributed by atoms with E-state index in [1.165, 1.54) is 0 Å². The molecule has 6 heteroatoms. The van der Waals surface area contributed by atoms with Gasteiger partial charge in [-0.15, -0.1) is 6.42 Å². The highest BCUT2D eigenvalue weighted by molar-refractivity contribution is 5.82. The lowest BCUT2D eigenvalue weighted by molar-refractivity contribution is -0.227. The van der Waals surface area contributed by atoms with Crippen molar-refractivity contribution in [2.45, 2.75) is 44.2 Å². The van der Waals surface area contributed by atoms with Crippen molar-refractivity contribution in [3.63, 3.8) is 0 Å². The van der Waals surface area contributed by atoms with E-state index in [2.05, 4.69) is 5.92 Å². The van der Waals surface area contributed by atoms with E-state index in [-0.39, 0.29) is 30.6 Å². The van der Waals surface area contributed by atoms with Crippen LogP contribution < -0.4 is 5.73 Å². The number of carbonyl (C=O) groups is 1. The second-order valence-electron chi connectivity index (χ2n) is 6.44. The molecular formula is C16H26N2O4. The van der Waals surface area contributed by atoms with Gasteiger partial charge in [0.1, 0.15) is 12.6 Å². The van der Waals surface area contributed by atoms with Crippen LogP contribution in [0.1, 0.15) is 20.3 Å². The van der Waals surface area contributed by atoms with Crippen LogP contribution in [0.2, 0.25) is 0 Å².